The lowest BCUT2D eigenvalue weighted by Crippen LogP contribution is -2.10. The summed E-state index contributed by atoms with van der Waals surface area (Å²) in [7, 11) is 0. The van der Waals surface area contributed by atoms with Crippen LogP contribution in [0.4, 0.5) is 0 Å². The predicted octanol–water partition coefficient (Wildman–Crippen LogP) is 3.37. The molecule has 84 valence electrons. The summed E-state index contributed by atoms with van der Waals surface area (Å²) < 4.78 is 0. The summed E-state index contributed by atoms with van der Waals surface area (Å²) in [5, 5.41) is 9.49. The maximum Gasteiger partial charge on any atom is 0.0577 e. The molecule has 1 N–H and O–H groups in total. The van der Waals surface area contributed by atoms with Crippen molar-refractivity contribution in [2.45, 2.75) is 46.1 Å². The van der Waals surface area contributed by atoms with Crippen LogP contribution < -0.4 is 0 Å². The lowest BCUT2D eigenvalue weighted by molar-refractivity contribution is 0.169. The van der Waals surface area contributed by atoms with Gasteiger partial charge in [0.2, 0.25) is 0 Å². The van der Waals surface area contributed by atoms with Gasteiger partial charge in [-0.3, -0.25) is 0 Å². The monoisotopic (exact) mass is 206 g/mol. The standard InChI is InChI=1S/C14H22O/c1-10(2)9-13-5-7-14(8-6-13)11(3)12(4)15/h5-8,10-12,15H,9H2,1-4H3/t11-,12-/m0/s1. The van der Waals surface area contributed by atoms with Crippen molar-refractivity contribution in [3.05, 3.63) is 35.4 Å². The van der Waals surface area contributed by atoms with E-state index >= 15 is 0 Å². The fourth-order valence-corrected chi connectivity index (χ4v) is 1.71. The number of rotatable bonds is 4. The van der Waals surface area contributed by atoms with Crippen molar-refractivity contribution in [3.63, 3.8) is 0 Å². The Labute approximate surface area is 93.1 Å². The zero-order valence-corrected chi connectivity index (χ0v) is 10.2. The minimum Gasteiger partial charge on any atom is -0.393 e. The van der Waals surface area contributed by atoms with Gasteiger partial charge in [-0.25, -0.2) is 0 Å². The minimum absolute atomic E-state index is 0.220. The molecular weight excluding hydrogens is 184 g/mol. The largest absolute Gasteiger partial charge is 0.393 e. The number of aliphatic hydroxyl groups excluding tert-OH is 1. The van der Waals surface area contributed by atoms with Crippen LogP contribution in [0.5, 0.6) is 0 Å². The summed E-state index contributed by atoms with van der Waals surface area (Å²) in [6.07, 6.45) is 0.851. The number of aliphatic hydroxyl groups is 1. The van der Waals surface area contributed by atoms with Gasteiger partial charge in [0.15, 0.2) is 0 Å². The third kappa shape index (κ3) is 3.67. The molecule has 0 saturated carbocycles. The number of hydrogen-bond acceptors (Lipinski definition) is 1. The molecule has 0 spiro atoms. The van der Waals surface area contributed by atoms with Gasteiger partial charge in [0.25, 0.3) is 0 Å². The van der Waals surface area contributed by atoms with E-state index in [9.17, 15) is 5.11 Å². The van der Waals surface area contributed by atoms with E-state index in [1.807, 2.05) is 6.92 Å². The Bertz CT molecular complexity index is 285. The van der Waals surface area contributed by atoms with Crippen molar-refractivity contribution in [2.24, 2.45) is 5.92 Å². The first-order valence-corrected chi connectivity index (χ1v) is 5.77. The van der Waals surface area contributed by atoms with Gasteiger partial charge in [-0.1, -0.05) is 45.0 Å². The van der Waals surface area contributed by atoms with Gasteiger partial charge >= 0.3 is 0 Å². The van der Waals surface area contributed by atoms with Crippen LogP contribution in [0, 0.1) is 5.92 Å². The Morgan fingerprint density at radius 3 is 1.93 bits per heavy atom. The number of benzene rings is 1. The van der Waals surface area contributed by atoms with Crippen LogP contribution in [0.25, 0.3) is 0 Å². The Morgan fingerprint density at radius 1 is 1.00 bits per heavy atom. The van der Waals surface area contributed by atoms with Crippen LogP contribution in [-0.4, -0.2) is 11.2 Å². The van der Waals surface area contributed by atoms with Crippen molar-refractivity contribution in [3.8, 4) is 0 Å². The zero-order chi connectivity index (χ0) is 11.4. The topological polar surface area (TPSA) is 20.2 Å². The molecule has 0 aromatic heterocycles. The van der Waals surface area contributed by atoms with Crippen molar-refractivity contribution >= 4 is 0 Å². The van der Waals surface area contributed by atoms with E-state index in [1.165, 1.54) is 11.1 Å². The van der Waals surface area contributed by atoms with E-state index in [4.69, 9.17) is 0 Å². The Balaban J connectivity index is 2.72. The SMILES string of the molecule is CC(C)Cc1ccc([C@@H](C)[C@H](C)O)cc1. The lowest BCUT2D eigenvalue weighted by Gasteiger charge is -2.15. The molecule has 2 atom stereocenters. The minimum atomic E-state index is -0.277. The van der Waals surface area contributed by atoms with Crippen LogP contribution in [0.2, 0.25) is 0 Å². The second-order valence-corrected chi connectivity index (χ2v) is 4.87. The third-order valence-electron chi connectivity index (χ3n) is 2.87. The van der Waals surface area contributed by atoms with Gasteiger partial charge in [0.1, 0.15) is 0 Å². The Kier molecular flexibility index (Phi) is 4.34. The summed E-state index contributed by atoms with van der Waals surface area (Å²) in [5.74, 6) is 0.920. The van der Waals surface area contributed by atoms with E-state index in [0.717, 1.165) is 6.42 Å². The molecule has 1 aromatic carbocycles. The first-order chi connectivity index (χ1) is 7.00. The summed E-state index contributed by atoms with van der Waals surface area (Å²) in [5.41, 5.74) is 2.60. The van der Waals surface area contributed by atoms with Gasteiger partial charge < -0.3 is 5.11 Å². The van der Waals surface area contributed by atoms with Gasteiger partial charge in [-0.2, -0.15) is 0 Å². The molecule has 0 saturated heterocycles. The molecule has 15 heavy (non-hydrogen) atoms. The van der Waals surface area contributed by atoms with Crippen molar-refractivity contribution in [1.82, 2.24) is 0 Å². The highest BCUT2D eigenvalue weighted by atomic mass is 16.3. The second kappa shape index (κ2) is 5.32. The van der Waals surface area contributed by atoms with Gasteiger partial charge in [-0.05, 0) is 30.4 Å². The Hall–Kier alpha value is -0.820. The predicted molar refractivity (Wildman–Crippen MR) is 65.1 cm³/mol. The summed E-state index contributed by atoms with van der Waals surface area (Å²) in [6, 6.07) is 8.62. The molecule has 0 fully saturated rings. The average molecular weight is 206 g/mol. The first-order valence-electron chi connectivity index (χ1n) is 5.77. The molecule has 0 amide bonds. The van der Waals surface area contributed by atoms with Gasteiger partial charge in [0.05, 0.1) is 6.10 Å². The summed E-state index contributed by atoms with van der Waals surface area (Å²) in [4.78, 5) is 0. The van der Waals surface area contributed by atoms with Gasteiger partial charge in [0, 0.05) is 5.92 Å². The van der Waals surface area contributed by atoms with Crippen molar-refractivity contribution < 1.29 is 5.11 Å². The number of hydrogen-bond donors (Lipinski definition) is 1. The highest BCUT2D eigenvalue weighted by molar-refractivity contribution is 5.25. The fourth-order valence-electron chi connectivity index (χ4n) is 1.71. The van der Waals surface area contributed by atoms with Crippen LogP contribution >= 0.6 is 0 Å². The average Bonchev–Trinajstić information content (AvgIpc) is 2.17. The molecule has 0 radical (unpaired) electrons. The molecule has 0 aliphatic rings. The molecule has 0 bridgehead atoms. The molecule has 0 heterocycles. The highest BCUT2D eigenvalue weighted by Gasteiger charge is 2.10. The van der Waals surface area contributed by atoms with Gasteiger partial charge in [-0.15, -0.1) is 0 Å². The quantitative estimate of drug-likeness (QED) is 0.800. The Morgan fingerprint density at radius 2 is 1.53 bits per heavy atom. The van der Waals surface area contributed by atoms with E-state index in [0.29, 0.717) is 5.92 Å². The van der Waals surface area contributed by atoms with Crippen LogP contribution in [0.15, 0.2) is 24.3 Å². The highest BCUT2D eigenvalue weighted by Crippen LogP contribution is 2.20. The molecule has 0 aliphatic carbocycles. The third-order valence-corrected chi connectivity index (χ3v) is 2.87. The van der Waals surface area contributed by atoms with E-state index in [2.05, 4.69) is 45.0 Å². The van der Waals surface area contributed by atoms with E-state index in [1.54, 1.807) is 0 Å². The van der Waals surface area contributed by atoms with Crippen LogP contribution in [0.3, 0.4) is 0 Å². The summed E-state index contributed by atoms with van der Waals surface area (Å²) >= 11 is 0. The smallest absolute Gasteiger partial charge is 0.0577 e. The molecular formula is C14H22O. The maximum atomic E-state index is 9.49. The van der Waals surface area contributed by atoms with Crippen LogP contribution in [-0.2, 0) is 6.42 Å². The molecule has 1 nitrogen and oxygen atoms in total. The molecule has 1 heteroatoms. The normalized spacial score (nSPS) is 15.3. The maximum absolute atomic E-state index is 9.49. The van der Waals surface area contributed by atoms with E-state index < -0.39 is 0 Å². The lowest BCUT2D eigenvalue weighted by atomic mass is 9.94. The molecule has 1 rings (SSSR count). The molecule has 0 aliphatic heterocycles. The van der Waals surface area contributed by atoms with Crippen LogP contribution in [0.1, 0.15) is 44.7 Å². The fraction of sp³-hybridized carbons (Fsp3) is 0.571. The first kappa shape index (κ1) is 12.3. The van der Waals surface area contributed by atoms with E-state index in [-0.39, 0.29) is 12.0 Å². The molecule has 1 aromatic rings. The van der Waals surface area contributed by atoms with Crippen molar-refractivity contribution in [2.75, 3.05) is 0 Å². The van der Waals surface area contributed by atoms with Crippen molar-refractivity contribution in [1.29, 1.82) is 0 Å². The zero-order valence-electron chi connectivity index (χ0n) is 10.2. The molecule has 0 unspecified atom stereocenters. The summed E-state index contributed by atoms with van der Waals surface area (Å²) in [6.45, 7) is 8.35. The second-order valence-electron chi connectivity index (χ2n) is 4.87.